The van der Waals surface area contributed by atoms with Crippen LogP contribution in [0.4, 0.5) is 22.9 Å². The first-order valence-corrected chi connectivity index (χ1v) is 10.4. The zero-order valence-electron chi connectivity index (χ0n) is 18.9. The highest BCUT2D eigenvalue weighted by atomic mass is 16.6. The van der Waals surface area contributed by atoms with Crippen molar-refractivity contribution in [1.29, 1.82) is 0 Å². The van der Waals surface area contributed by atoms with Crippen LogP contribution in [0.15, 0.2) is 73.1 Å². The molecule has 0 saturated carbocycles. The Bertz CT molecular complexity index is 1400. The van der Waals surface area contributed by atoms with Crippen LogP contribution in [-0.4, -0.2) is 35.0 Å². The maximum atomic E-state index is 12.2. The van der Waals surface area contributed by atoms with E-state index in [1.807, 2.05) is 18.2 Å². The topological polar surface area (TPSA) is 129 Å². The number of anilines is 3. The van der Waals surface area contributed by atoms with E-state index in [0.717, 1.165) is 11.1 Å². The van der Waals surface area contributed by atoms with Crippen LogP contribution in [0.3, 0.4) is 0 Å². The number of nitrogens with zero attached hydrogens (tertiary/aromatic N) is 3. The largest absolute Gasteiger partial charge is 0.493 e. The first kappa shape index (κ1) is 23.2. The van der Waals surface area contributed by atoms with Crippen LogP contribution in [-0.2, 0) is 4.79 Å². The fourth-order valence-corrected chi connectivity index (χ4v) is 3.32. The van der Waals surface area contributed by atoms with Crippen LogP contribution in [0.2, 0.25) is 0 Å². The van der Waals surface area contributed by atoms with Crippen molar-refractivity contribution >= 4 is 45.8 Å². The molecule has 1 amide bonds. The summed E-state index contributed by atoms with van der Waals surface area (Å²) in [6.07, 6.45) is 4.41. The molecular formula is C25H21N5O5. The predicted octanol–water partition coefficient (Wildman–Crippen LogP) is 4.95. The van der Waals surface area contributed by atoms with Gasteiger partial charge in [-0.15, -0.1) is 0 Å². The Morgan fingerprint density at radius 2 is 1.60 bits per heavy atom. The monoisotopic (exact) mass is 471 g/mol. The summed E-state index contributed by atoms with van der Waals surface area (Å²) in [6, 6.07) is 16.6. The second-order valence-electron chi connectivity index (χ2n) is 7.32. The fourth-order valence-electron chi connectivity index (χ4n) is 3.32. The van der Waals surface area contributed by atoms with Gasteiger partial charge in [0.25, 0.3) is 5.69 Å². The summed E-state index contributed by atoms with van der Waals surface area (Å²) in [6.45, 7) is 0. The maximum Gasteiger partial charge on any atom is 0.269 e. The first-order chi connectivity index (χ1) is 17.0. The molecule has 4 aromatic rings. The number of carbonyl (C=O) groups is 1. The second kappa shape index (κ2) is 10.3. The molecule has 1 aromatic heterocycles. The van der Waals surface area contributed by atoms with Crippen LogP contribution >= 0.6 is 0 Å². The molecule has 4 rings (SSSR count). The number of amides is 1. The molecule has 10 nitrogen and oxygen atoms in total. The Balaban J connectivity index is 1.43. The number of hydrogen-bond acceptors (Lipinski definition) is 8. The van der Waals surface area contributed by atoms with Crippen LogP contribution in [0, 0.1) is 10.1 Å². The van der Waals surface area contributed by atoms with E-state index >= 15 is 0 Å². The number of non-ortho nitro benzene ring substituents is 1. The minimum atomic E-state index is -0.472. The molecule has 35 heavy (non-hydrogen) atoms. The Morgan fingerprint density at radius 1 is 0.943 bits per heavy atom. The lowest BCUT2D eigenvalue weighted by molar-refractivity contribution is -0.384. The van der Waals surface area contributed by atoms with Crippen molar-refractivity contribution in [3.8, 4) is 11.5 Å². The minimum absolute atomic E-state index is 0.00544. The van der Waals surface area contributed by atoms with E-state index in [2.05, 4.69) is 20.6 Å². The summed E-state index contributed by atoms with van der Waals surface area (Å²) in [4.78, 5) is 31.1. The van der Waals surface area contributed by atoms with Crippen molar-refractivity contribution in [2.45, 2.75) is 0 Å². The Hall–Kier alpha value is -4.99. The van der Waals surface area contributed by atoms with Gasteiger partial charge in [0.15, 0.2) is 11.5 Å². The minimum Gasteiger partial charge on any atom is -0.493 e. The number of rotatable bonds is 8. The van der Waals surface area contributed by atoms with E-state index in [4.69, 9.17) is 9.47 Å². The summed E-state index contributed by atoms with van der Waals surface area (Å²) in [5.74, 6) is 1.41. The van der Waals surface area contributed by atoms with E-state index in [9.17, 15) is 14.9 Å². The number of carbonyl (C=O) groups excluding carboxylic acids is 1. The van der Waals surface area contributed by atoms with Gasteiger partial charge in [-0.1, -0.05) is 0 Å². The van der Waals surface area contributed by atoms with Crippen LogP contribution in [0.25, 0.3) is 17.0 Å². The van der Waals surface area contributed by atoms with Crippen molar-refractivity contribution in [2.75, 3.05) is 24.9 Å². The molecule has 176 valence electrons. The lowest BCUT2D eigenvalue weighted by Gasteiger charge is -2.12. The molecule has 0 fully saturated rings. The van der Waals surface area contributed by atoms with Crippen molar-refractivity contribution < 1.29 is 19.2 Å². The smallest absolute Gasteiger partial charge is 0.269 e. The highest BCUT2D eigenvalue weighted by molar-refractivity contribution is 6.02. The molecule has 3 aromatic carbocycles. The maximum absolute atomic E-state index is 12.2. The van der Waals surface area contributed by atoms with Crippen LogP contribution in [0.5, 0.6) is 11.5 Å². The van der Waals surface area contributed by atoms with E-state index < -0.39 is 4.92 Å². The fraction of sp³-hybridized carbons (Fsp3) is 0.0800. The third-order valence-electron chi connectivity index (χ3n) is 5.09. The van der Waals surface area contributed by atoms with E-state index in [0.29, 0.717) is 34.1 Å². The van der Waals surface area contributed by atoms with Gasteiger partial charge >= 0.3 is 0 Å². The summed E-state index contributed by atoms with van der Waals surface area (Å²) in [7, 11) is 3.13. The molecule has 0 spiro atoms. The molecule has 0 unspecified atom stereocenters. The van der Waals surface area contributed by atoms with Gasteiger partial charge in [-0.2, -0.15) is 0 Å². The van der Waals surface area contributed by atoms with Gasteiger partial charge in [0, 0.05) is 41.0 Å². The van der Waals surface area contributed by atoms with Crippen molar-refractivity contribution in [3.05, 3.63) is 88.7 Å². The normalized spacial score (nSPS) is 10.8. The van der Waals surface area contributed by atoms with Crippen molar-refractivity contribution in [1.82, 2.24) is 9.97 Å². The van der Waals surface area contributed by atoms with Gasteiger partial charge in [-0.3, -0.25) is 14.9 Å². The van der Waals surface area contributed by atoms with Gasteiger partial charge in [0.05, 0.1) is 24.7 Å². The molecule has 1 heterocycles. The third-order valence-corrected chi connectivity index (χ3v) is 5.09. The number of nitrogens with one attached hydrogen (secondary N) is 2. The Morgan fingerprint density at radius 3 is 2.26 bits per heavy atom. The zero-order valence-corrected chi connectivity index (χ0v) is 18.9. The van der Waals surface area contributed by atoms with E-state index in [1.165, 1.54) is 24.5 Å². The van der Waals surface area contributed by atoms with Gasteiger partial charge < -0.3 is 20.1 Å². The zero-order chi connectivity index (χ0) is 24.8. The molecule has 0 saturated heterocycles. The summed E-state index contributed by atoms with van der Waals surface area (Å²) in [5, 5.41) is 17.5. The molecule has 0 aliphatic carbocycles. The van der Waals surface area contributed by atoms with Gasteiger partial charge in [0.2, 0.25) is 5.91 Å². The molecule has 2 N–H and O–H groups in total. The average molecular weight is 471 g/mol. The van der Waals surface area contributed by atoms with Crippen LogP contribution in [0.1, 0.15) is 5.56 Å². The number of benzene rings is 3. The molecule has 0 atom stereocenters. The molecular weight excluding hydrogens is 450 g/mol. The highest BCUT2D eigenvalue weighted by Crippen LogP contribution is 2.34. The number of nitro groups is 1. The first-order valence-electron chi connectivity index (χ1n) is 10.4. The van der Waals surface area contributed by atoms with Crippen molar-refractivity contribution in [3.63, 3.8) is 0 Å². The van der Waals surface area contributed by atoms with Gasteiger partial charge in [0.1, 0.15) is 12.1 Å². The van der Waals surface area contributed by atoms with Crippen LogP contribution < -0.4 is 20.1 Å². The molecule has 0 bridgehead atoms. The average Bonchev–Trinajstić information content (AvgIpc) is 2.88. The molecule has 0 aliphatic heterocycles. The van der Waals surface area contributed by atoms with E-state index in [1.54, 1.807) is 50.6 Å². The lowest BCUT2D eigenvalue weighted by Crippen LogP contribution is -2.07. The Kier molecular flexibility index (Phi) is 6.82. The predicted molar refractivity (Wildman–Crippen MR) is 133 cm³/mol. The number of ether oxygens (including phenoxy) is 2. The number of hydrogen-bond donors (Lipinski definition) is 2. The molecule has 10 heteroatoms. The molecule has 0 aliphatic rings. The number of fused-ring (bicyclic) bond motifs is 1. The van der Waals surface area contributed by atoms with Gasteiger partial charge in [-0.25, -0.2) is 9.97 Å². The summed E-state index contributed by atoms with van der Waals surface area (Å²) < 4.78 is 10.7. The summed E-state index contributed by atoms with van der Waals surface area (Å²) >= 11 is 0. The quantitative estimate of drug-likeness (QED) is 0.210. The number of nitro benzene ring substituents is 1. The van der Waals surface area contributed by atoms with Gasteiger partial charge in [-0.05, 0) is 54.1 Å². The standard InChI is InChI=1S/C25H21N5O5/c1-34-22-13-20-21(14-23(22)35-2)26-15-27-25(20)29-18-8-6-17(7-9-18)28-24(31)12-5-16-3-10-19(11-4-16)30(32)33/h3-15H,1-2H3,(H,28,31)(H,26,27,29)/b12-5+. The third kappa shape index (κ3) is 5.50. The number of methoxy groups -OCH3 is 2. The van der Waals surface area contributed by atoms with Crippen molar-refractivity contribution in [2.24, 2.45) is 0 Å². The lowest BCUT2D eigenvalue weighted by atomic mass is 10.2. The highest BCUT2D eigenvalue weighted by Gasteiger charge is 2.11. The second-order valence-corrected chi connectivity index (χ2v) is 7.32. The Labute approximate surface area is 200 Å². The molecule has 0 radical (unpaired) electrons. The summed E-state index contributed by atoms with van der Waals surface area (Å²) in [5.41, 5.74) is 2.74. The SMILES string of the molecule is COc1cc2ncnc(Nc3ccc(NC(=O)/C=C/c4ccc([N+](=O)[O-])cc4)cc3)c2cc1OC. The number of aromatic nitrogens is 2. The van der Waals surface area contributed by atoms with E-state index in [-0.39, 0.29) is 11.6 Å².